The second-order valence-electron chi connectivity index (χ2n) is 3.81. The van der Waals surface area contributed by atoms with Crippen LogP contribution in [0.15, 0.2) is 12.3 Å². The van der Waals surface area contributed by atoms with Gasteiger partial charge in [-0.15, -0.1) is 0 Å². The lowest BCUT2D eigenvalue weighted by Gasteiger charge is -2.12. The summed E-state index contributed by atoms with van der Waals surface area (Å²) in [6.07, 6.45) is 5.28. The Hall–Kier alpha value is -0.310. The Morgan fingerprint density at radius 2 is 2.21 bits per heavy atom. The van der Waals surface area contributed by atoms with Gasteiger partial charge in [0.2, 0.25) is 0 Å². The van der Waals surface area contributed by atoms with Crippen LogP contribution in [0.1, 0.15) is 30.9 Å². The fraction of sp³-hybridized carbons (Fsp3) is 0.500. The molecule has 1 atom stereocenters. The van der Waals surface area contributed by atoms with Gasteiger partial charge in [0.05, 0.1) is 0 Å². The molecular formula is C10H12Cl2N2. The minimum absolute atomic E-state index is 0.000216. The first-order valence-electron chi connectivity index (χ1n) is 4.73. The van der Waals surface area contributed by atoms with Crippen LogP contribution >= 0.6 is 23.2 Å². The lowest BCUT2D eigenvalue weighted by Crippen LogP contribution is -2.11. The van der Waals surface area contributed by atoms with Crippen LogP contribution in [0.2, 0.25) is 10.2 Å². The lowest BCUT2D eigenvalue weighted by molar-refractivity contribution is 0.595. The third-order valence-electron chi connectivity index (χ3n) is 2.53. The van der Waals surface area contributed by atoms with Crippen molar-refractivity contribution < 1.29 is 0 Å². The van der Waals surface area contributed by atoms with Crippen molar-refractivity contribution in [3.05, 3.63) is 28.0 Å². The van der Waals surface area contributed by atoms with Gasteiger partial charge in [-0.3, -0.25) is 0 Å². The Labute approximate surface area is 93.4 Å². The number of hydrogen-bond acceptors (Lipinski definition) is 2. The van der Waals surface area contributed by atoms with Gasteiger partial charge in [0.15, 0.2) is 0 Å². The number of nitrogens with two attached hydrogens (primary N) is 1. The Balaban J connectivity index is 2.13. The highest BCUT2D eigenvalue weighted by Crippen LogP contribution is 2.38. The molecule has 0 aliphatic heterocycles. The van der Waals surface area contributed by atoms with Gasteiger partial charge in [0.25, 0.3) is 0 Å². The van der Waals surface area contributed by atoms with Gasteiger partial charge in [-0.05, 0) is 18.4 Å². The largest absolute Gasteiger partial charge is 0.324 e. The number of hydrogen-bond donors (Lipinski definition) is 1. The molecule has 1 aromatic rings. The highest BCUT2D eigenvalue weighted by Gasteiger charge is 2.25. The first-order valence-corrected chi connectivity index (χ1v) is 5.49. The molecule has 0 amide bonds. The molecule has 4 heteroatoms. The van der Waals surface area contributed by atoms with E-state index in [4.69, 9.17) is 28.9 Å². The lowest BCUT2D eigenvalue weighted by atomic mass is 10.0. The van der Waals surface area contributed by atoms with Crippen LogP contribution in [0, 0.1) is 5.92 Å². The second-order valence-corrected chi connectivity index (χ2v) is 4.61. The molecule has 0 spiro atoms. The monoisotopic (exact) mass is 230 g/mol. The summed E-state index contributed by atoms with van der Waals surface area (Å²) in [4.78, 5) is 3.99. The van der Waals surface area contributed by atoms with Crippen LogP contribution in [0.3, 0.4) is 0 Å². The summed E-state index contributed by atoms with van der Waals surface area (Å²) in [6.45, 7) is 0. The number of aromatic nitrogens is 1. The topological polar surface area (TPSA) is 38.9 Å². The predicted molar refractivity (Wildman–Crippen MR) is 58.5 cm³/mol. The summed E-state index contributed by atoms with van der Waals surface area (Å²) in [5, 5.41) is 1.04. The molecule has 0 bridgehead atoms. The highest BCUT2D eigenvalue weighted by molar-refractivity contribution is 6.34. The number of rotatable bonds is 3. The van der Waals surface area contributed by atoms with E-state index in [2.05, 4.69) is 4.98 Å². The van der Waals surface area contributed by atoms with E-state index in [9.17, 15) is 0 Å². The van der Waals surface area contributed by atoms with E-state index < -0.39 is 0 Å². The molecule has 1 fully saturated rings. The van der Waals surface area contributed by atoms with Crippen LogP contribution in [0.4, 0.5) is 0 Å². The second kappa shape index (κ2) is 4.05. The van der Waals surface area contributed by atoms with Crippen LogP contribution in [0.25, 0.3) is 0 Å². The molecule has 1 aliphatic rings. The Morgan fingerprint density at radius 1 is 1.50 bits per heavy atom. The molecule has 1 aliphatic carbocycles. The van der Waals surface area contributed by atoms with Gasteiger partial charge < -0.3 is 5.73 Å². The third kappa shape index (κ3) is 2.38. The smallest absolute Gasteiger partial charge is 0.130 e. The van der Waals surface area contributed by atoms with Crippen molar-refractivity contribution in [1.29, 1.82) is 0 Å². The average Bonchev–Trinajstić information content (AvgIpc) is 2.87. The third-order valence-corrected chi connectivity index (χ3v) is 3.07. The van der Waals surface area contributed by atoms with Gasteiger partial charge in [0, 0.05) is 22.8 Å². The molecule has 14 heavy (non-hydrogen) atoms. The van der Waals surface area contributed by atoms with Crippen molar-refractivity contribution in [3.8, 4) is 0 Å². The van der Waals surface area contributed by atoms with Gasteiger partial charge in [-0.1, -0.05) is 36.0 Å². The summed E-state index contributed by atoms with van der Waals surface area (Å²) >= 11 is 11.7. The van der Waals surface area contributed by atoms with Crippen molar-refractivity contribution in [2.45, 2.75) is 25.3 Å². The SMILES string of the molecule is N[C@@H](CC1CC1)c1cnc(Cl)cc1Cl. The Bertz CT molecular complexity index is 337. The quantitative estimate of drug-likeness (QED) is 0.811. The number of halogens is 2. The van der Waals surface area contributed by atoms with Crippen LogP contribution in [-0.2, 0) is 0 Å². The van der Waals surface area contributed by atoms with Crippen LogP contribution in [-0.4, -0.2) is 4.98 Å². The molecule has 76 valence electrons. The van der Waals surface area contributed by atoms with Crippen molar-refractivity contribution in [1.82, 2.24) is 4.98 Å². The van der Waals surface area contributed by atoms with Crippen molar-refractivity contribution in [2.24, 2.45) is 11.7 Å². The molecule has 0 unspecified atom stereocenters. The zero-order valence-electron chi connectivity index (χ0n) is 7.71. The summed E-state index contributed by atoms with van der Waals surface area (Å²) in [5.41, 5.74) is 6.92. The van der Waals surface area contributed by atoms with Crippen LogP contribution < -0.4 is 5.73 Å². The summed E-state index contributed by atoms with van der Waals surface area (Å²) in [7, 11) is 0. The van der Waals surface area contributed by atoms with E-state index in [1.54, 1.807) is 12.3 Å². The summed E-state index contributed by atoms with van der Waals surface area (Å²) in [5.74, 6) is 0.789. The molecule has 0 aromatic carbocycles. The van der Waals surface area contributed by atoms with Gasteiger partial charge >= 0.3 is 0 Å². The molecule has 2 N–H and O–H groups in total. The highest BCUT2D eigenvalue weighted by atomic mass is 35.5. The first-order chi connectivity index (χ1) is 6.66. The molecule has 0 radical (unpaired) electrons. The fourth-order valence-electron chi connectivity index (χ4n) is 1.53. The molecule has 1 saturated carbocycles. The molecular weight excluding hydrogens is 219 g/mol. The van der Waals surface area contributed by atoms with Crippen molar-refractivity contribution in [3.63, 3.8) is 0 Å². The van der Waals surface area contributed by atoms with E-state index in [1.807, 2.05) is 0 Å². The first kappa shape index (κ1) is 10.2. The van der Waals surface area contributed by atoms with Crippen molar-refractivity contribution >= 4 is 23.2 Å². The minimum atomic E-state index is -0.000216. The van der Waals surface area contributed by atoms with E-state index in [-0.39, 0.29) is 6.04 Å². The van der Waals surface area contributed by atoms with Gasteiger partial charge in [-0.25, -0.2) is 4.98 Å². The van der Waals surface area contributed by atoms with Crippen LogP contribution in [0.5, 0.6) is 0 Å². The van der Waals surface area contributed by atoms with E-state index in [1.165, 1.54) is 12.8 Å². The maximum atomic E-state index is 6.02. The normalized spacial score (nSPS) is 18.2. The molecule has 1 heterocycles. The summed E-state index contributed by atoms with van der Waals surface area (Å²) in [6, 6.07) is 1.64. The Morgan fingerprint density at radius 3 is 2.79 bits per heavy atom. The predicted octanol–water partition coefficient (Wildman–Crippen LogP) is 3.19. The maximum Gasteiger partial charge on any atom is 0.130 e. The summed E-state index contributed by atoms with van der Waals surface area (Å²) < 4.78 is 0. The zero-order chi connectivity index (χ0) is 10.1. The maximum absolute atomic E-state index is 6.02. The van der Waals surface area contributed by atoms with Crippen molar-refractivity contribution in [2.75, 3.05) is 0 Å². The van der Waals surface area contributed by atoms with E-state index >= 15 is 0 Å². The number of nitrogens with zero attached hydrogens (tertiary/aromatic N) is 1. The van der Waals surface area contributed by atoms with Gasteiger partial charge in [0.1, 0.15) is 5.15 Å². The molecule has 0 saturated heterocycles. The molecule has 1 aromatic heterocycles. The minimum Gasteiger partial charge on any atom is -0.324 e. The molecule has 2 rings (SSSR count). The number of pyridine rings is 1. The fourth-order valence-corrected chi connectivity index (χ4v) is 2.04. The Kier molecular flexibility index (Phi) is 2.96. The van der Waals surface area contributed by atoms with E-state index in [0.29, 0.717) is 10.2 Å². The standard InChI is InChI=1S/C10H12Cl2N2/c11-8-4-10(12)14-5-7(8)9(13)3-6-1-2-6/h4-6,9H,1-3,13H2/t9-/m0/s1. The molecule has 2 nitrogen and oxygen atoms in total. The van der Waals surface area contributed by atoms with E-state index in [0.717, 1.165) is 17.9 Å². The average molecular weight is 231 g/mol. The van der Waals surface area contributed by atoms with Gasteiger partial charge in [-0.2, -0.15) is 0 Å². The zero-order valence-corrected chi connectivity index (χ0v) is 9.22.